The average molecular weight is 167 g/mol. The lowest BCUT2D eigenvalue weighted by Crippen LogP contribution is -2.45. The standard InChI is InChI=1S/C9H17N3/c1-11-6-2-3-9(11)12-7-4-10-5-8-12/h3,10H,2,4-8H2,1H3. The van der Waals surface area contributed by atoms with E-state index in [4.69, 9.17) is 0 Å². The van der Waals surface area contributed by atoms with E-state index in [1.807, 2.05) is 0 Å². The molecule has 0 spiro atoms. The maximum Gasteiger partial charge on any atom is 0.0997 e. The van der Waals surface area contributed by atoms with Gasteiger partial charge in [0.25, 0.3) is 0 Å². The molecule has 0 amide bonds. The molecule has 0 unspecified atom stereocenters. The number of hydrogen-bond donors (Lipinski definition) is 1. The fourth-order valence-corrected chi connectivity index (χ4v) is 1.92. The molecule has 0 bridgehead atoms. The summed E-state index contributed by atoms with van der Waals surface area (Å²) in [4.78, 5) is 4.83. The van der Waals surface area contributed by atoms with E-state index in [2.05, 4.69) is 28.2 Å². The van der Waals surface area contributed by atoms with Crippen LogP contribution in [-0.2, 0) is 0 Å². The molecule has 3 heteroatoms. The van der Waals surface area contributed by atoms with Crippen molar-refractivity contribution in [3.05, 3.63) is 11.9 Å². The SMILES string of the molecule is CN1CCC=C1N1CCNCC1. The van der Waals surface area contributed by atoms with Gasteiger partial charge in [0.15, 0.2) is 0 Å². The highest BCUT2D eigenvalue weighted by atomic mass is 15.3. The zero-order chi connectivity index (χ0) is 8.39. The van der Waals surface area contributed by atoms with E-state index in [1.165, 1.54) is 18.8 Å². The van der Waals surface area contributed by atoms with Crippen LogP contribution in [-0.4, -0.2) is 49.6 Å². The molecule has 0 atom stereocenters. The molecule has 1 fully saturated rings. The van der Waals surface area contributed by atoms with Gasteiger partial charge in [0.2, 0.25) is 0 Å². The van der Waals surface area contributed by atoms with Crippen LogP contribution >= 0.6 is 0 Å². The molecular formula is C9H17N3. The van der Waals surface area contributed by atoms with E-state index in [1.54, 1.807) is 0 Å². The van der Waals surface area contributed by atoms with Gasteiger partial charge in [0.1, 0.15) is 0 Å². The number of nitrogens with zero attached hydrogens (tertiary/aromatic N) is 2. The van der Waals surface area contributed by atoms with E-state index in [-0.39, 0.29) is 0 Å². The van der Waals surface area contributed by atoms with Crippen molar-refractivity contribution in [3.63, 3.8) is 0 Å². The Morgan fingerprint density at radius 1 is 1.25 bits per heavy atom. The minimum atomic E-state index is 1.13. The summed E-state index contributed by atoms with van der Waals surface area (Å²) in [6, 6.07) is 0. The Kier molecular flexibility index (Phi) is 2.21. The third-order valence-corrected chi connectivity index (χ3v) is 2.62. The second kappa shape index (κ2) is 3.35. The predicted octanol–water partition coefficient (Wildman–Crippen LogP) is 0.0685. The van der Waals surface area contributed by atoms with Gasteiger partial charge in [-0.25, -0.2) is 0 Å². The first-order chi connectivity index (χ1) is 5.88. The lowest BCUT2D eigenvalue weighted by Gasteiger charge is -2.33. The van der Waals surface area contributed by atoms with Gasteiger partial charge in [0.05, 0.1) is 5.82 Å². The molecule has 2 aliphatic rings. The highest BCUT2D eigenvalue weighted by Crippen LogP contribution is 2.16. The maximum atomic E-state index is 3.37. The summed E-state index contributed by atoms with van der Waals surface area (Å²) in [6.45, 7) is 5.78. The Morgan fingerprint density at radius 3 is 2.58 bits per heavy atom. The van der Waals surface area contributed by atoms with Crippen LogP contribution in [0.2, 0.25) is 0 Å². The summed E-state index contributed by atoms with van der Waals surface area (Å²) in [5.74, 6) is 1.44. The summed E-state index contributed by atoms with van der Waals surface area (Å²) >= 11 is 0. The molecule has 0 aliphatic carbocycles. The smallest absolute Gasteiger partial charge is 0.0997 e. The van der Waals surface area contributed by atoms with Gasteiger partial charge in [0, 0.05) is 39.8 Å². The van der Waals surface area contributed by atoms with Gasteiger partial charge in [-0.05, 0) is 12.5 Å². The minimum Gasteiger partial charge on any atom is -0.361 e. The zero-order valence-corrected chi connectivity index (χ0v) is 7.71. The highest BCUT2D eigenvalue weighted by molar-refractivity contribution is 5.06. The highest BCUT2D eigenvalue weighted by Gasteiger charge is 2.18. The number of nitrogens with one attached hydrogen (secondary N) is 1. The molecular weight excluding hydrogens is 150 g/mol. The summed E-state index contributed by atoms with van der Waals surface area (Å²) in [7, 11) is 2.18. The Hall–Kier alpha value is -0.700. The van der Waals surface area contributed by atoms with Crippen molar-refractivity contribution in [1.29, 1.82) is 0 Å². The average Bonchev–Trinajstić information content (AvgIpc) is 2.53. The largest absolute Gasteiger partial charge is 0.361 e. The normalized spacial score (nSPS) is 24.6. The molecule has 0 aromatic rings. The van der Waals surface area contributed by atoms with E-state index in [9.17, 15) is 0 Å². The fraction of sp³-hybridized carbons (Fsp3) is 0.778. The van der Waals surface area contributed by atoms with Gasteiger partial charge in [-0.2, -0.15) is 0 Å². The topological polar surface area (TPSA) is 18.5 Å². The van der Waals surface area contributed by atoms with Crippen molar-refractivity contribution >= 4 is 0 Å². The van der Waals surface area contributed by atoms with Gasteiger partial charge in [-0.15, -0.1) is 0 Å². The Morgan fingerprint density at radius 2 is 2.00 bits per heavy atom. The lowest BCUT2D eigenvalue weighted by atomic mass is 10.3. The van der Waals surface area contributed by atoms with Crippen LogP contribution in [0.3, 0.4) is 0 Å². The summed E-state index contributed by atoms with van der Waals surface area (Å²) in [6.07, 6.45) is 3.57. The quantitative estimate of drug-likeness (QED) is 0.596. The van der Waals surface area contributed by atoms with Crippen molar-refractivity contribution in [1.82, 2.24) is 15.1 Å². The third-order valence-electron chi connectivity index (χ3n) is 2.62. The molecule has 0 aromatic carbocycles. The van der Waals surface area contributed by atoms with Crippen molar-refractivity contribution in [2.24, 2.45) is 0 Å². The Balaban J connectivity index is 1.97. The molecule has 0 radical (unpaired) electrons. The maximum absolute atomic E-state index is 3.37. The molecule has 0 aromatic heterocycles. The van der Waals surface area contributed by atoms with E-state index in [0.29, 0.717) is 0 Å². The molecule has 1 N–H and O–H groups in total. The Bertz CT molecular complexity index is 182. The Labute approximate surface area is 74.0 Å². The van der Waals surface area contributed by atoms with Gasteiger partial charge >= 0.3 is 0 Å². The first kappa shape index (κ1) is 7.92. The number of rotatable bonds is 1. The van der Waals surface area contributed by atoms with Crippen LogP contribution in [0.15, 0.2) is 11.9 Å². The monoisotopic (exact) mass is 167 g/mol. The molecule has 12 heavy (non-hydrogen) atoms. The molecule has 1 saturated heterocycles. The van der Waals surface area contributed by atoms with Gasteiger partial charge in [-0.3, -0.25) is 0 Å². The summed E-state index contributed by atoms with van der Waals surface area (Å²) < 4.78 is 0. The van der Waals surface area contributed by atoms with Crippen molar-refractivity contribution in [2.75, 3.05) is 39.8 Å². The number of piperazine rings is 1. The first-order valence-corrected chi connectivity index (χ1v) is 4.75. The second-order valence-corrected chi connectivity index (χ2v) is 3.51. The van der Waals surface area contributed by atoms with E-state index >= 15 is 0 Å². The van der Waals surface area contributed by atoms with Crippen LogP contribution < -0.4 is 5.32 Å². The van der Waals surface area contributed by atoms with Gasteiger partial charge in [-0.1, -0.05) is 0 Å². The molecule has 0 saturated carbocycles. The third kappa shape index (κ3) is 1.41. The van der Waals surface area contributed by atoms with Crippen molar-refractivity contribution in [2.45, 2.75) is 6.42 Å². The van der Waals surface area contributed by atoms with Crippen LogP contribution in [0.1, 0.15) is 6.42 Å². The minimum absolute atomic E-state index is 1.13. The summed E-state index contributed by atoms with van der Waals surface area (Å²) in [5.41, 5.74) is 0. The molecule has 2 heterocycles. The van der Waals surface area contributed by atoms with Crippen molar-refractivity contribution in [3.8, 4) is 0 Å². The zero-order valence-electron chi connectivity index (χ0n) is 7.71. The van der Waals surface area contributed by atoms with E-state index in [0.717, 1.165) is 26.2 Å². The molecule has 68 valence electrons. The van der Waals surface area contributed by atoms with Crippen LogP contribution in [0.5, 0.6) is 0 Å². The van der Waals surface area contributed by atoms with Crippen molar-refractivity contribution < 1.29 is 0 Å². The lowest BCUT2D eigenvalue weighted by molar-refractivity contribution is 0.228. The second-order valence-electron chi connectivity index (χ2n) is 3.51. The molecule has 3 nitrogen and oxygen atoms in total. The van der Waals surface area contributed by atoms with Crippen LogP contribution in [0.4, 0.5) is 0 Å². The summed E-state index contributed by atoms with van der Waals surface area (Å²) in [5, 5.41) is 3.37. The van der Waals surface area contributed by atoms with E-state index < -0.39 is 0 Å². The fourth-order valence-electron chi connectivity index (χ4n) is 1.92. The predicted molar refractivity (Wildman–Crippen MR) is 49.8 cm³/mol. The first-order valence-electron chi connectivity index (χ1n) is 4.75. The van der Waals surface area contributed by atoms with Crippen LogP contribution in [0, 0.1) is 0 Å². The molecule has 2 rings (SSSR count). The molecule has 2 aliphatic heterocycles. The number of hydrogen-bond acceptors (Lipinski definition) is 3. The van der Waals surface area contributed by atoms with Crippen LogP contribution in [0.25, 0.3) is 0 Å². The van der Waals surface area contributed by atoms with Gasteiger partial charge < -0.3 is 15.1 Å².